The number of hydrogen-bond acceptors (Lipinski definition) is 4. The van der Waals surface area contributed by atoms with Gasteiger partial charge in [-0.2, -0.15) is 5.10 Å². The first kappa shape index (κ1) is 17.2. The third-order valence-corrected chi connectivity index (χ3v) is 4.60. The van der Waals surface area contributed by atoms with E-state index >= 15 is 0 Å². The summed E-state index contributed by atoms with van der Waals surface area (Å²) in [5.74, 6) is 0.813. The van der Waals surface area contributed by atoms with Crippen molar-refractivity contribution in [2.45, 2.75) is 32.8 Å². The molecule has 0 spiro atoms. The van der Waals surface area contributed by atoms with Gasteiger partial charge < -0.3 is 9.64 Å². The molecule has 132 valence electrons. The highest BCUT2D eigenvalue weighted by Crippen LogP contribution is 2.26. The van der Waals surface area contributed by atoms with Crippen molar-refractivity contribution in [1.82, 2.24) is 14.7 Å². The van der Waals surface area contributed by atoms with Gasteiger partial charge in [-0.3, -0.25) is 9.59 Å². The summed E-state index contributed by atoms with van der Waals surface area (Å²) in [5, 5.41) is 4.04. The fourth-order valence-electron chi connectivity index (χ4n) is 3.11. The largest absolute Gasteiger partial charge is 0.490 e. The molecule has 1 aromatic heterocycles. The Morgan fingerprint density at radius 1 is 1.12 bits per heavy atom. The van der Waals surface area contributed by atoms with Gasteiger partial charge in [-0.1, -0.05) is 18.2 Å². The van der Waals surface area contributed by atoms with Crippen molar-refractivity contribution in [2.24, 2.45) is 7.05 Å². The lowest BCUT2D eigenvalue weighted by molar-refractivity contribution is 0.0585. The molecule has 6 heteroatoms. The number of rotatable bonds is 3. The Labute approximate surface area is 147 Å². The minimum absolute atomic E-state index is 0.108. The number of piperidine rings is 1. The zero-order valence-corrected chi connectivity index (χ0v) is 14.9. The first-order valence-corrected chi connectivity index (χ1v) is 8.52. The van der Waals surface area contributed by atoms with Gasteiger partial charge in [0, 0.05) is 39.0 Å². The molecule has 0 unspecified atom stereocenters. The monoisotopic (exact) mass is 341 g/mol. The topological polar surface area (TPSA) is 64.4 Å². The fourth-order valence-corrected chi connectivity index (χ4v) is 3.11. The van der Waals surface area contributed by atoms with Gasteiger partial charge in [0.1, 0.15) is 17.5 Å². The molecule has 6 nitrogen and oxygen atoms in total. The summed E-state index contributed by atoms with van der Waals surface area (Å²) in [6, 6.07) is 8.98. The maximum atomic E-state index is 12.5. The van der Waals surface area contributed by atoms with E-state index in [0.717, 1.165) is 29.7 Å². The molecule has 1 amide bonds. The van der Waals surface area contributed by atoms with Crippen molar-refractivity contribution in [3.05, 3.63) is 57.5 Å². The van der Waals surface area contributed by atoms with Gasteiger partial charge in [-0.25, -0.2) is 4.68 Å². The second-order valence-electron chi connectivity index (χ2n) is 6.51. The summed E-state index contributed by atoms with van der Waals surface area (Å²) in [6.07, 6.45) is 1.67. The number of carbonyl (C=O) groups is 1. The molecule has 1 aliphatic rings. The Morgan fingerprint density at radius 3 is 2.36 bits per heavy atom. The third-order valence-electron chi connectivity index (χ3n) is 4.60. The van der Waals surface area contributed by atoms with Crippen molar-refractivity contribution < 1.29 is 9.53 Å². The van der Waals surface area contributed by atoms with E-state index in [1.165, 1.54) is 16.8 Å². The van der Waals surface area contributed by atoms with Crippen LogP contribution in [-0.2, 0) is 7.05 Å². The van der Waals surface area contributed by atoms with E-state index in [2.05, 4.69) is 5.10 Å². The normalized spacial score (nSPS) is 15.2. The van der Waals surface area contributed by atoms with Crippen molar-refractivity contribution in [3.8, 4) is 5.75 Å². The Kier molecular flexibility index (Phi) is 4.88. The second-order valence-corrected chi connectivity index (χ2v) is 6.51. The molecule has 0 N–H and O–H groups in total. The maximum Gasteiger partial charge on any atom is 0.274 e. The molecule has 0 bridgehead atoms. The Morgan fingerprint density at radius 2 is 1.76 bits per heavy atom. The summed E-state index contributed by atoms with van der Waals surface area (Å²) in [7, 11) is 1.55. The summed E-state index contributed by atoms with van der Waals surface area (Å²) >= 11 is 0. The number of likely N-dealkylation sites (tertiary alicyclic amines) is 1. The van der Waals surface area contributed by atoms with Crippen LogP contribution in [-0.4, -0.2) is 39.8 Å². The fraction of sp³-hybridized carbons (Fsp3) is 0.421. The smallest absolute Gasteiger partial charge is 0.274 e. The zero-order chi connectivity index (χ0) is 18.0. The molecule has 0 atom stereocenters. The average molecular weight is 341 g/mol. The van der Waals surface area contributed by atoms with Gasteiger partial charge >= 0.3 is 0 Å². The summed E-state index contributed by atoms with van der Waals surface area (Å²) in [4.78, 5) is 25.7. The van der Waals surface area contributed by atoms with E-state index in [-0.39, 0.29) is 17.6 Å². The average Bonchev–Trinajstić information content (AvgIpc) is 2.61. The van der Waals surface area contributed by atoms with Crippen LogP contribution in [0.25, 0.3) is 0 Å². The van der Waals surface area contributed by atoms with Crippen LogP contribution in [0.2, 0.25) is 0 Å². The quantitative estimate of drug-likeness (QED) is 0.857. The molecular formula is C19H23N3O3. The zero-order valence-electron chi connectivity index (χ0n) is 14.9. The molecule has 25 heavy (non-hydrogen) atoms. The summed E-state index contributed by atoms with van der Waals surface area (Å²) in [6.45, 7) is 5.34. The first-order chi connectivity index (χ1) is 12.0. The van der Waals surface area contributed by atoms with Crippen LogP contribution in [0.5, 0.6) is 5.75 Å². The molecule has 3 rings (SSSR count). The standard InChI is InChI=1S/C19H23N3O3/c1-13-5-4-6-14(2)18(13)25-15-9-11-22(12-10-15)19(24)16-7-8-17(23)21(3)20-16/h4-8,15H,9-12H2,1-3H3. The molecule has 0 aliphatic carbocycles. The molecule has 1 aliphatic heterocycles. The number of hydrogen-bond donors (Lipinski definition) is 0. The lowest BCUT2D eigenvalue weighted by Gasteiger charge is -2.32. The number of aryl methyl sites for hydroxylation is 3. The first-order valence-electron chi connectivity index (χ1n) is 8.52. The number of nitrogens with zero attached hydrogens (tertiary/aromatic N) is 3. The highest BCUT2D eigenvalue weighted by molar-refractivity contribution is 5.92. The van der Waals surface area contributed by atoms with Crippen LogP contribution in [0, 0.1) is 13.8 Å². The van der Waals surface area contributed by atoms with Gasteiger partial charge in [-0.05, 0) is 31.0 Å². The van der Waals surface area contributed by atoms with E-state index in [4.69, 9.17) is 4.74 Å². The third kappa shape index (κ3) is 3.73. The van der Waals surface area contributed by atoms with Gasteiger partial charge in [0.25, 0.3) is 11.5 Å². The van der Waals surface area contributed by atoms with Crippen LogP contribution >= 0.6 is 0 Å². The van der Waals surface area contributed by atoms with Crippen LogP contribution in [0.3, 0.4) is 0 Å². The van der Waals surface area contributed by atoms with E-state index in [9.17, 15) is 9.59 Å². The van der Waals surface area contributed by atoms with Crippen molar-refractivity contribution in [1.29, 1.82) is 0 Å². The molecule has 2 aromatic rings. The van der Waals surface area contributed by atoms with Gasteiger partial charge in [-0.15, -0.1) is 0 Å². The molecule has 2 heterocycles. The minimum Gasteiger partial charge on any atom is -0.490 e. The van der Waals surface area contributed by atoms with E-state index in [1.807, 2.05) is 32.0 Å². The van der Waals surface area contributed by atoms with Crippen LogP contribution in [0.15, 0.2) is 35.1 Å². The number of aromatic nitrogens is 2. The van der Waals surface area contributed by atoms with Crippen molar-refractivity contribution >= 4 is 5.91 Å². The number of para-hydroxylation sites is 1. The highest BCUT2D eigenvalue weighted by atomic mass is 16.5. The summed E-state index contributed by atoms with van der Waals surface area (Å²) < 4.78 is 7.37. The Hall–Kier alpha value is -2.63. The predicted molar refractivity (Wildman–Crippen MR) is 94.9 cm³/mol. The highest BCUT2D eigenvalue weighted by Gasteiger charge is 2.26. The number of ether oxygens (including phenoxy) is 1. The molecular weight excluding hydrogens is 318 g/mol. The Bertz CT molecular complexity index is 816. The summed E-state index contributed by atoms with van der Waals surface area (Å²) in [5.41, 5.74) is 2.34. The van der Waals surface area contributed by atoms with E-state index in [1.54, 1.807) is 11.9 Å². The van der Waals surface area contributed by atoms with Gasteiger partial charge in [0.15, 0.2) is 0 Å². The van der Waals surface area contributed by atoms with E-state index < -0.39 is 0 Å². The van der Waals surface area contributed by atoms with Crippen LogP contribution < -0.4 is 10.3 Å². The molecule has 0 radical (unpaired) electrons. The lowest BCUT2D eigenvalue weighted by Crippen LogP contribution is -2.42. The minimum atomic E-state index is -0.225. The Balaban J connectivity index is 1.62. The molecule has 1 saturated heterocycles. The van der Waals surface area contributed by atoms with Crippen molar-refractivity contribution in [3.63, 3.8) is 0 Å². The van der Waals surface area contributed by atoms with Gasteiger partial charge in [0.05, 0.1) is 0 Å². The lowest BCUT2D eigenvalue weighted by atomic mass is 10.1. The van der Waals surface area contributed by atoms with E-state index in [0.29, 0.717) is 18.8 Å². The predicted octanol–water partition coefficient (Wildman–Crippen LogP) is 2.08. The van der Waals surface area contributed by atoms with Crippen LogP contribution in [0.1, 0.15) is 34.5 Å². The maximum absolute atomic E-state index is 12.5. The second kappa shape index (κ2) is 7.09. The SMILES string of the molecule is Cc1cccc(C)c1OC1CCN(C(=O)c2ccc(=O)n(C)n2)CC1. The van der Waals surface area contributed by atoms with Crippen molar-refractivity contribution in [2.75, 3.05) is 13.1 Å². The molecule has 0 saturated carbocycles. The number of carbonyl (C=O) groups excluding carboxylic acids is 1. The number of benzene rings is 1. The molecule has 1 aromatic carbocycles. The van der Waals surface area contributed by atoms with Crippen LogP contribution in [0.4, 0.5) is 0 Å². The number of amides is 1. The van der Waals surface area contributed by atoms with Gasteiger partial charge in [0.2, 0.25) is 0 Å². The molecule has 1 fully saturated rings.